The van der Waals surface area contributed by atoms with Crippen LogP contribution in [0.1, 0.15) is 63.4 Å². The molecular weight excluding hydrogens is 252 g/mol. The Bertz CT molecular complexity index is 412. The second-order valence-corrected chi connectivity index (χ2v) is 5.17. The number of hydrogen-bond acceptors (Lipinski definition) is 2. The molecule has 0 saturated heterocycles. The first-order chi connectivity index (χ1) is 9.66. The molecule has 110 valence electrons. The highest BCUT2D eigenvalue weighted by Crippen LogP contribution is 2.20. The number of rotatable bonds is 10. The van der Waals surface area contributed by atoms with Gasteiger partial charge in [0.25, 0.3) is 0 Å². The first kappa shape index (κ1) is 16.4. The summed E-state index contributed by atoms with van der Waals surface area (Å²) >= 11 is 0. The summed E-state index contributed by atoms with van der Waals surface area (Å²) in [6, 6.07) is 8.77. The third-order valence-electron chi connectivity index (χ3n) is 3.48. The van der Waals surface area contributed by atoms with E-state index in [0.29, 0.717) is 12.0 Å². The van der Waals surface area contributed by atoms with Crippen molar-refractivity contribution in [3.8, 4) is 0 Å². The molecule has 0 aliphatic rings. The zero-order valence-electron chi connectivity index (χ0n) is 12.2. The summed E-state index contributed by atoms with van der Waals surface area (Å²) < 4.78 is 0. The molecule has 0 fully saturated rings. The number of carboxylic acid groups (broad SMARTS) is 1. The minimum atomic E-state index is -1.05. The molecule has 0 bridgehead atoms. The van der Waals surface area contributed by atoms with Gasteiger partial charge < -0.3 is 5.11 Å². The zero-order chi connectivity index (χ0) is 14.8. The van der Waals surface area contributed by atoms with Gasteiger partial charge in [0, 0.05) is 6.42 Å². The van der Waals surface area contributed by atoms with E-state index in [1.807, 2.05) is 6.07 Å². The fourth-order valence-electron chi connectivity index (χ4n) is 2.34. The molecule has 1 rings (SSSR count). The summed E-state index contributed by atoms with van der Waals surface area (Å²) in [4.78, 5) is 23.4. The lowest BCUT2D eigenvalue weighted by molar-refractivity contribution is -0.142. The highest BCUT2D eigenvalue weighted by atomic mass is 16.4. The molecule has 0 spiro atoms. The molecule has 0 aliphatic heterocycles. The Labute approximate surface area is 121 Å². The van der Waals surface area contributed by atoms with E-state index in [9.17, 15) is 14.7 Å². The van der Waals surface area contributed by atoms with Gasteiger partial charge in [-0.15, -0.1) is 0 Å². The van der Waals surface area contributed by atoms with Crippen LogP contribution in [0.4, 0.5) is 0 Å². The molecule has 1 aromatic carbocycles. The van der Waals surface area contributed by atoms with Crippen LogP contribution in [0, 0.1) is 0 Å². The lowest BCUT2D eigenvalue weighted by Gasteiger charge is -2.11. The van der Waals surface area contributed by atoms with E-state index in [1.165, 1.54) is 19.3 Å². The van der Waals surface area contributed by atoms with Crippen molar-refractivity contribution >= 4 is 11.8 Å². The Kier molecular flexibility index (Phi) is 7.63. The van der Waals surface area contributed by atoms with Crippen LogP contribution >= 0.6 is 0 Å². The molecule has 1 unspecified atom stereocenters. The number of benzene rings is 1. The van der Waals surface area contributed by atoms with Gasteiger partial charge in [0.1, 0.15) is 5.92 Å². The molecular formula is C17H24O3. The van der Waals surface area contributed by atoms with Crippen LogP contribution in [-0.2, 0) is 9.59 Å². The summed E-state index contributed by atoms with van der Waals surface area (Å²) in [5, 5.41) is 9.25. The van der Waals surface area contributed by atoms with Gasteiger partial charge in [0.15, 0.2) is 5.78 Å². The van der Waals surface area contributed by atoms with E-state index in [4.69, 9.17) is 0 Å². The number of carbonyl (C=O) groups is 2. The van der Waals surface area contributed by atoms with Gasteiger partial charge in [0.05, 0.1) is 0 Å². The number of ketones is 1. The molecule has 0 aromatic heterocycles. The van der Waals surface area contributed by atoms with E-state index >= 15 is 0 Å². The maximum absolute atomic E-state index is 12.1. The molecule has 0 aliphatic carbocycles. The zero-order valence-corrected chi connectivity index (χ0v) is 12.2. The first-order valence-corrected chi connectivity index (χ1v) is 7.47. The number of hydrogen-bond donors (Lipinski definition) is 1. The number of carboxylic acids is 1. The van der Waals surface area contributed by atoms with Crippen LogP contribution in [0.15, 0.2) is 30.3 Å². The summed E-state index contributed by atoms with van der Waals surface area (Å²) in [5.74, 6) is -2.24. The van der Waals surface area contributed by atoms with Gasteiger partial charge in [0.2, 0.25) is 0 Å². The van der Waals surface area contributed by atoms with E-state index < -0.39 is 11.9 Å². The van der Waals surface area contributed by atoms with Gasteiger partial charge in [-0.3, -0.25) is 9.59 Å². The van der Waals surface area contributed by atoms with Crippen molar-refractivity contribution in [3.05, 3.63) is 35.9 Å². The Morgan fingerprint density at radius 1 is 1.00 bits per heavy atom. The second-order valence-electron chi connectivity index (χ2n) is 5.17. The van der Waals surface area contributed by atoms with Gasteiger partial charge in [-0.2, -0.15) is 0 Å². The van der Waals surface area contributed by atoms with Crippen LogP contribution in [0.2, 0.25) is 0 Å². The summed E-state index contributed by atoms with van der Waals surface area (Å²) in [6.45, 7) is 2.17. The number of unbranched alkanes of at least 4 members (excludes halogenated alkanes) is 5. The fraction of sp³-hybridized carbons (Fsp3) is 0.529. The summed E-state index contributed by atoms with van der Waals surface area (Å²) in [5.41, 5.74) is 0.580. The van der Waals surface area contributed by atoms with Gasteiger partial charge in [-0.1, -0.05) is 69.4 Å². The van der Waals surface area contributed by atoms with Crippen molar-refractivity contribution < 1.29 is 14.7 Å². The summed E-state index contributed by atoms with van der Waals surface area (Å²) in [7, 11) is 0. The molecule has 1 N–H and O–H groups in total. The lowest BCUT2D eigenvalue weighted by atomic mass is 9.91. The topological polar surface area (TPSA) is 54.4 Å². The molecule has 0 saturated carbocycles. The van der Waals surface area contributed by atoms with E-state index in [-0.39, 0.29) is 5.78 Å². The molecule has 3 nitrogen and oxygen atoms in total. The molecule has 0 amide bonds. The van der Waals surface area contributed by atoms with Crippen LogP contribution < -0.4 is 0 Å². The molecule has 20 heavy (non-hydrogen) atoms. The third kappa shape index (κ3) is 5.55. The van der Waals surface area contributed by atoms with Crippen molar-refractivity contribution in [1.29, 1.82) is 0 Å². The Morgan fingerprint density at radius 2 is 1.60 bits per heavy atom. The maximum Gasteiger partial charge on any atom is 0.318 e. The first-order valence-electron chi connectivity index (χ1n) is 7.47. The van der Waals surface area contributed by atoms with E-state index in [2.05, 4.69) is 6.92 Å². The van der Waals surface area contributed by atoms with Crippen molar-refractivity contribution in [2.75, 3.05) is 0 Å². The standard InChI is InChI=1S/C17H24O3/c1-2-3-4-5-6-10-13-15(18)16(17(19)20)14-11-8-7-9-12-14/h7-9,11-12,16H,2-6,10,13H2,1H3,(H,19,20). The van der Waals surface area contributed by atoms with Crippen LogP contribution in [0.5, 0.6) is 0 Å². The largest absolute Gasteiger partial charge is 0.480 e. The van der Waals surface area contributed by atoms with E-state index in [0.717, 1.165) is 19.3 Å². The predicted octanol–water partition coefficient (Wildman–Crippen LogP) is 4.17. The Morgan fingerprint density at radius 3 is 2.20 bits per heavy atom. The molecule has 1 aromatic rings. The average Bonchev–Trinajstić information content (AvgIpc) is 2.43. The Hall–Kier alpha value is -1.64. The molecule has 3 heteroatoms. The molecule has 0 heterocycles. The Balaban J connectivity index is 2.44. The number of carbonyl (C=O) groups excluding carboxylic acids is 1. The molecule has 0 radical (unpaired) electrons. The van der Waals surface area contributed by atoms with Crippen molar-refractivity contribution in [2.45, 2.75) is 57.8 Å². The maximum atomic E-state index is 12.1. The normalized spacial score (nSPS) is 12.1. The van der Waals surface area contributed by atoms with E-state index in [1.54, 1.807) is 24.3 Å². The van der Waals surface area contributed by atoms with Crippen LogP contribution in [-0.4, -0.2) is 16.9 Å². The minimum Gasteiger partial charge on any atom is -0.480 e. The van der Waals surface area contributed by atoms with Crippen molar-refractivity contribution in [1.82, 2.24) is 0 Å². The quantitative estimate of drug-likeness (QED) is 0.515. The predicted molar refractivity (Wildman–Crippen MR) is 79.8 cm³/mol. The monoisotopic (exact) mass is 276 g/mol. The highest BCUT2D eigenvalue weighted by molar-refractivity contribution is 6.03. The van der Waals surface area contributed by atoms with Crippen LogP contribution in [0.3, 0.4) is 0 Å². The van der Waals surface area contributed by atoms with Crippen LogP contribution in [0.25, 0.3) is 0 Å². The van der Waals surface area contributed by atoms with Gasteiger partial charge >= 0.3 is 5.97 Å². The SMILES string of the molecule is CCCCCCCCC(=O)C(C(=O)O)c1ccccc1. The molecule has 1 atom stereocenters. The van der Waals surface area contributed by atoms with Gasteiger partial charge in [-0.05, 0) is 12.0 Å². The third-order valence-corrected chi connectivity index (χ3v) is 3.48. The fourth-order valence-corrected chi connectivity index (χ4v) is 2.34. The second kappa shape index (κ2) is 9.29. The van der Waals surface area contributed by atoms with Gasteiger partial charge in [-0.25, -0.2) is 0 Å². The lowest BCUT2D eigenvalue weighted by Crippen LogP contribution is -2.21. The highest BCUT2D eigenvalue weighted by Gasteiger charge is 2.26. The number of Topliss-reactive ketones (excluding diaryl/α,β-unsaturated/α-hetero) is 1. The average molecular weight is 276 g/mol. The summed E-state index contributed by atoms with van der Waals surface area (Å²) in [6.07, 6.45) is 6.92. The minimum absolute atomic E-state index is 0.181. The number of aliphatic carboxylic acids is 1. The van der Waals surface area contributed by atoms with Crippen molar-refractivity contribution in [2.24, 2.45) is 0 Å². The smallest absolute Gasteiger partial charge is 0.318 e. The van der Waals surface area contributed by atoms with Crippen molar-refractivity contribution in [3.63, 3.8) is 0 Å².